The Balaban J connectivity index is 1.16. The topological polar surface area (TPSA) is 87.3 Å². The Kier molecular flexibility index (Phi) is 5.91. The first-order valence-corrected chi connectivity index (χ1v) is 13.3. The van der Waals surface area contributed by atoms with Gasteiger partial charge < -0.3 is 15.0 Å². The van der Waals surface area contributed by atoms with E-state index in [1.165, 1.54) is 11.3 Å². The monoisotopic (exact) mass is 498 g/mol. The van der Waals surface area contributed by atoms with Crippen molar-refractivity contribution in [3.05, 3.63) is 76.0 Å². The number of hydrogen-bond donors (Lipinski definition) is 2. The van der Waals surface area contributed by atoms with E-state index < -0.39 is 0 Å². The molecule has 1 saturated heterocycles. The van der Waals surface area contributed by atoms with Crippen LogP contribution in [0.25, 0.3) is 11.3 Å². The number of benzene rings is 2. The van der Waals surface area contributed by atoms with E-state index in [0.717, 1.165) is 53.6 Å². The molecule has 1 atom stereocenters. The lowest BCUT2D eigenvalue weighted by molar-refractivity contribution is 0.0693. The predicted molar refractivity (Wildman–Crippen MR) is 141 cm³/mol. The molecule has 0 spiro atoms. The molecule has 2 amide bonds. The maximum Gasteiger partial charge on any atom is 0.255 e. The molecule has 0 unspecified atom stereocenters. The third-order valence-corrected chi connectivity index (χ3v) is 8.15. The molecule has 2 aromatic carbocycles. The van der Waals surface area contributed by atoms with E-state index in [9.17, 15) is 9.59 Å². The van der Waals surface area contributed by atoms with Crippen LogP contribution in [0.5, 0.6) is 0 Å². The fourth-order valence-electron chi connectivity index (χ4n) is 6.00. The number of nitrogens with one attached hydrogen (secondary N) is 2. The van der Waals surface area contributed by atoms with Crippen LogP contribution in [-0.2, 0) is 24.1 Å². The first-order chi connectivity index (χ1) is 17.8. The van der Waals surface area contributed by atoms with Crippen molar-refractivity contribution in [2.75, 3.05) is 13.2 Å². The molecule has 3 aromatic rings. The molecule has 1 fully saturated rings. The molecule has 0 bridgehead atoms. The minimum absolute atomic E-state index is 0.0452. The van der Waals surface area contributed by atoms with Crippen LogP contribution in [0.1, 0.15) is 82.8 Å². The number of rotatable bonds is 5. The van der Waals surface area contributed by atoms with Gasteiger partial charge in [0.1, 0.15) is 0 Å². The number of ether oxygens (including phenoxy) is 1. The summed E-state index contributed by atoms with van der Waals surface area (Å²) in [7, 11) is 0. The summed E-state index contributed by atoms with van der Waals surface area (Å²) < 4.78 is 5.37. The van der Waals surface area contributed by atoms with Gasteiger partial charge in [0.25, 0.3) is 11.8 Å². The van der Waals surface area contributed by atoms with Crippen LogP contribution in [0.4, 0.5) is 0 Å². The smallest absolute Gasteiger partial charge is 0.255 e. The molecule has 7 heteroatoms. The van der Waals surface area contributed by atoms with Crippen molar-refractivity contribution in [3.8, 4) is 11.3 Å². The highest BCUT2D eigenvalue weighted by molar-refractivity contribution is 5.99. The van der Waals surface area contributed by atoms with Crippen LogP contribution in [0.15, 0.2) is 42.5 Å². The van der Waals surface area contributed by atoms with Gasteiger partial charge in [-0.25, -0.2) is 0 Å². The van der Waals surface area contributed by atoms with Crippen LogP contribution < -0.4 is 5.32 Å². The third kappa shape index (κ3) is 4.46. The van der Waals surface area contributed by atoms with Gasteiger partial charge in [-0.2, -0.15) is 5.10 Å². The molecule has 6 rings (SSSR count). The lowest BCUT2D eigenvalue weighted by Crippen LogP contribution is -2.38. The fraction of sp³-hybridized carbons (Fsp3) is 0.433. The SMILES string of the molecule is C[C@H](c1ccc(C(=O)NC2CCOCC2)cc1)N1Cc2cc(-c3n[nH]c4c3CC(C)(C)C4)ccc2C1=O. The summed E-state index contributed by atoms with van der Waals surface area (Å²) in [6.07, 6.45) is 3.72. The van der Waals surface area contributed by atoms with Gasteiger partial charge in [0.15, 0.2) is 0 Å². The molecule has 3 aliphatic rings. The van der Waals surface area contributed by atoms with Crippen molar-refractivity contribution in [2.24, 2.45) is 5.41 Å². The number of aromatic nitrogens is 2. The Morgan fingerprint density at radius 1 is 1.14 bits per heavy atom. The van der Waals surface area contributed by atoms with Crippen molar-refractivity contribution in [1.82, 2.24) is 20.4 Å². The van der Waals surface area contributed by atoms with Gasteiger partial charge in [-0.15, -0.1) is 0 Å². The Morgan fingerprint density at radius 3 is 2.65 bits per heavy atom. The Hall–Kier alpha value is -3.45. The number of hydrogen-bond acceptors (Lipinski definition) is 4. The van der Waals surface area contributed by atoms with Gasteiger partial charge >= 0.3 is 0 Å². The maximum atomic E-state index is 13.3. The van der Waals surface area contributed by atoms with E-state index in [-0.39, 0.29) is 29.3 Å². The van der Waals surface area contributed by atoms with Crippen LogP contribution in [0.2, 0.25) is 0 Å². The zero-order valence-electron chi connectivity index (χ0n) is 21.8. The molecular formula is C30H34N4O3. The van der Waals surface area contributed by atoms with Crippen molar-refractivity contribution in [1.29, 1.82) is 0 Å². The van der Waals surface area contributed by atoms with Gasteiger partial charge in [0.05, 0.1) is 11.7 Å². The van der Waals surface area contributed by atoms with Crippen molar-refractivity contribution >= 4 is 11.8 Å². The van der Waals surface area contributed by atoms with Gasteiger partial charge in [-0.05, 0) is 73.4 Å². The largest absolute Gasteiger partial charge is 0.381 e. The normalized spacial score (nSPS) is 19.5. The molecule has 192 valence electrons. The molecule has 1 aromatic heterocycles. The van der Waals surface area contributed by atoms with Gasteiger partial charge in [0, 0.05) is 53.7 Å². The molecule has 2 aliphatic heterocycles. The van der Waals surface area contributed by atoms with Gasteiger partial charge in [-0.1, -0.05) is 32.0 Å². The molecule has 0 radical (unpaired) electrons. The molecule has 37 heavy (non-hydrogen) atoms. The lowest BCUT2D eigenvalue weighted by Gasteiger charge is -2.25. The first-order valence-electron chi connectivity index (χ1n) is 13.3. The van der Waals surface area contributed by atoms with E-state index in [1.807, 2.05) is 48.2 Å². The third-order valence-electron chi connectivity index (χ3n) is 8.15. The van der Waals surface area contributed by atoms with E-state index in [1.54, 1.807) is 0 Å². The summed E-state index contributed by atoms with van der Waals surface area (Å²) in [5, 5.41) is 11.0. The summed E-state index contributed by atoms with van der Waals surface area (Å²) in [5.74, 6) is -0.0136. The summed E-state index contributed by atoms with van der Waals surface area (Å²) in [4.78, 5) is 27.9. The predicted octanol–water partition coefficient (Wildman–Crippen LogP) is 4.83. The van der Waals surface area contributed by atoms with Gasteiger partial charge in [-0.3, -0.25) is 14.7 Å². The number of nitrogens with zero attached hydrogens (tertiary/aromatic N) is 2. The van der Waals surface area contributed by atoms with Crippen LogP contribution in [-0.4, -0.2) is 46.2 Å². The number of aromatic amines is 1. The highest BCUT2D eigenvalue weighted by atomic mass is 16.5. The fourth-order valence-corrected chi connectivity index (χ4v) is 6.00. The minimum atomic E-state index is -0.105. The summed E-state index contributed by atoms with van der Waals surface area (Å²) in [6, 6.07) is 13.8. The number of fused-ring (bicyclic) bond motifs is 2. The second-order valence-electron chi connectivity index (χ2n) is 11.5. The number of carbonyl (C=O) groups is 2. The minimum Gasteiger partial charge on any atom is -0.381 e. The van der Waals surface area contributed by atoms with Crippen LogP contribution in [0.3, 0.4) is 0 Å². The summed E-state index contributed by atoms with van der Waals surface area (Å²) >= 11 is 0. The lowest BCUT2D eigenvalue weighted by atomic mass is 9.90. The second kappa shape index (κ2) is 9.14. The van der Waals surface area contributed by atoms with Crippen molar-refractivity contribution in [2.45, 2.75) is 65.1 Å². The summed E-state index contributed by atoms with van der Waals surface area (Å²) in [5.41, 5.74) is 8.31. The molecule has 3 heterocycles. The standard InChI is InChI=1S/C30H34N4O3/c1-18(19-4-6-20(7-5-19)28(35)31-23-10-12-37-13-11-23)34-17-22-14-21(8-9-24(22)29(34)36)27-25-15-30(2,3)16-26(25)32-33-27/h4-9,14,18,23H,10-13,15-17H2,1-3H3,(H,31,35)(H,32,33)/t18-/m1/s1. The number of amides is 2. The van der Waals surface area contributed by atoms with Gasteiger partial charge in [0.2, 0.25) is 0 Å². The van der Waals surface area contributed by atoms with Crippen LogP contribution in [0, 0.1) is 5.41 Å². The van der Waals surface area contributed by atoms with E-state index in [2.05, 4.69) is 35.4 Å². The average molecular weight is 499 g/mol. The maximum absolute atomic E-state index is 13.3. The van der Waals surface area contributed by atoms with Crippen LogP contribution >= 0.6 is 0 Å². The molecular weight excluding hydrogens is 464 g/mol. The average Bonchev–Trinajstić information content (AvgIpc) is 3.53. The second-order valence-corrected chi connectivity index (χ2v) is 11.5. The highest BCUT2D eigenvalue weighted by Crippen LogP contribution is 2.41. The zero-order chi connectivity index (χ0) is 25.7. The number of H-pyrrole nitrogens is 1. The summed E-state index contributed by atoms with van der Waals surface area (Å²) in [6.45, 7) is 8.57. The van der Waals surface area contributed by atoms with E-state index >= 15 is 0 Å². The number of carbonyl (C=O) groups excluding carboxylic acids is 2. The molecule has 2 N–H and O–H groups in total. The molecule has 7 nitrogen and oxygen atoms in total. The Morgan fingerprint density at radius 2 is 1.89 bits per heavy atom. The molecule has 1 aliphatic carbocycles. The first kappa shape index (κ1) is 23.9. The molecule has 0 saturated carbocycles. The van der Waals surface area contributed by atoms with Crippen molar-refractivity contribution < 1.29 is 14.3 Å². The Bertz CT molecular complexity index is 1350. The Labute approximate surface area is 217 Å². The van der Waals surface area contributed by atoms with E-state index in [0.29, 0.717) is 25.3 Å². The van der Waals surface area contributed by atoms with E-state index in [4.69, 9.17) is 4.74 Å². The van der Waals surface area contributed by atoms with Crippen molar-refractivity contribution in [3.63, 3.8) is 0 Å². The highest BCUT2D eigenvalue weighted by Gasteiger charge is 2.35. The quantitative estimate of drug-likeness (QED) is 0.528. The zero-order valence-corrected chi connectivity index (χ0v) is 21.8.